The molecule has 0 saturated carbocycles. The second-order valence-corrected chi connectivity index (χ2v) is 4.92. The number of benzene rings is 2. The second kappa shape index (κ2) is 5.43. The van der Waals surface area contributed by atoms with Gasteiger partial charge < -0.3 is 5.32 Å². The van der Waals surface area contributed by atoms with E-state index in [1.807, 2.05) is 55.5 Å². The summed E-state index contributed by atoms with van der Waals surface area (Å²) in [6.45, 7) is 2.01. The van der Waals surface area contributed by atoms with Crippen molar-refractivity contribution in [1.29, 1.82) is 0 Å². The summed E-state index contributed by atoms with van der Waals surface area (Å²) < 4.78 is 0. The quantitative estimate of drug-likeness (QED) is 0.794. The molecule has 0 aliphatic carbocycles. The molecule has 4 nitrogen and oxygen atoms in total. The Bertz CT molecular complexity index is 745. The fourth-order valence-electron chi connectivity index (χ4n) is 2.04. The fourth-order valence-corrected chi connectivity index (χ4v) is 2.34. The zero-order valence-electron chi connectivity index (χ0n) is 10.9. The number of rotatable bonds is 3. The summed E-state index contributed by atoms with van der Waals surface area (Å²) in [6.07, 6.45) is 0. The monoisotopic (exact) mass is 284 g/mol. The van der Waals surface area contributed by atoms with E-state index in [4.69, 9.17) is 11.6 Å². The Balaban J connectivity index is 1.87. The third-order valence-electron chi connectivity index (χ3n) is 3.08. The van der Waals surface area contributed by atoms with Crippen LogP contribution in [-0.4, -0.2) is 15.2 Å². The van der Waals surface area contributed by atoms with Crippen LogP contribution in [0, 0.1) is 0 Å². The van der Waals surface area contributed by atoms with Crippen LogP contribution in [-0.2, 0) is 0 Å². The molecule has 3 rings (SSSR count). The van der Waals surface area contributed by atoms with Gasteiger partial charge in [0.25, 0.3) is 0 Å². The van der Waals surface area contributed by atoms with Crippen LogP contribution in [0.4, 0.5) is 5.95 Å². The molecule has 0 amide bonds. The number of hydrogen-bond donors (Lipinski definition) is 1. The first kappa shape index (κ1) is 12.8. The van der Waals surface area contributed by atoms with Crippen molar-refractivity contribution in [2.45, 2.75) is 13.0 Å². The first-order valence-electron chi connectivity index (χ1n) is 6.34. The van der Waals surface area contributed by atoms with Gasteiger partial charge in [-0.3, -0.25) is 0 Å². The average molecular weight is 285 g/mol. The number of aromatic nitrogens is 3. The lowest BCUT2D eigenvalue weighted by Crippen LogP contribution is -2.10. The van der Waals surface area contributed by atoms with E-state index in [1.54, 1.807) is 0 Å². The highest BCUT2D eigenvalue weighted by Gasteiger charge is 2.10. The molecule has 1 atom stereocenters. The Kier molecular flexibility index (Phi) is 3.48. The van der Waals surface area contributed by atoms with Crippen molar-refractivity contribution in [2.75, 3.05) is 5.32 Å². The van der Waals surface area contributed by atoms with Crippen LogP contribution in [0.2, 0.25) is 5.02 Å². The van der Waals surface area contributed by atoms with Crippen LogP contribution in [0.25, 0.3) is 11.0 Å². The van der Waals surface area contributed by atoms with Crippen molar-refractivity contribution in [3.8, 4) is 0 Å². The summed E-state index contributed by atoms with van der Waals surface area (Å²) in [6, 6.07) is 15.4. The standard InChI is InChI=1S/C15H13ClN4/c1-10(11-6-2-3-7-12(11)16)17-15-18-13-8-4-5-9-14(13)19-20-15/h2-10H,1H3,(H,17,18,20). The maximum absolute atomic E-state index is 6.18. The smallest absolute Gasteiger partial charge is 0.243 e. The van der Waals surface area contributed by atoms with Gasteiger partial charge in [-0.25, -0.2) is 4.98 Å². The number of hydrogen-bond acceptors (Lipinski definition) is 4. The zero-order valence-corrected chi connectivity index (χ0v) is 11.7. The molecule has 5 heteroatoms. The minimum Gasteiger partial charge on any atom is -0.346 e. The molecule has 0 saturated heterocycles. The molecule has 2 aromatic carbocycles. The summed E-state index contributed by atoms with van der Waals surface area (Å²) in [7, 11) is 0. The van der Waals surface area contributed by atoms with Crippen LogP contribution < -0.4 is 5.32 Å². The molecule has 1 aromatic heterocycles. The molecule has 0 spiro atoms. The zero-order chi connectivity index (χ0) is 13.9. The first-order valence-corrected chi connectivity index (χ1v) is 6.72. The molecule has 0 radical (unpaired) electrons. The summed E-state index contributed by atoms with van der Waals surface area (Å²) in [5, 5.41) is 12.2. The van der Waals surface area contributed by atoms with Crippen LogP contribution in [0.5, 0.6) is 0 Å². The van der Waals surface area contributed by atoms with E-state index in [2.05, 4.69) is 20.5 Å². The Labute approximate surface area is 121 Å². The molecule has 0 fully saturated rings. The lowest BCUT2D eigenvalue weighted by molar-refractivity contribution is 0.849. The number of para-hydroxylation sites is 1. The molecule has 1 heterocycles. The van der Waals surface area contributed by atoms with Gasteiger partial charge in [0.2, 0.25) is 5.95 Å². The molecule has 3 aromatic rings. The highest BCUT2D eigenvalue weighted by Crippen LogP contribution is 2.24. The van der Waals surface area contributed by atoms with E-state index >= 15 is 0 Å². The van der Waals surface area contributed by atoms with Gasteiger partial charge in [-0.1, -0.05) is 41.9 Å². The van der Waals surface area contributed by atoms with Crippen molar-refractivity contribution in [3.63, 3.8) is 0 Å². The number of halogens is 1. The Morgan fingerprint density at radius 2 is 1.65 bits per heavy atom. The third-order valence-corrected chi connectivity index (χ3v) is 3.42. The summed E-state index contributed by atoms with van der Waals surface area (Å²) in [5.41, 5.74) is 2.60. The fraction of sp³-hybridized carbons (Fsp3) is 0.133. The summed E-state index contributed by atoms with van der Waals surface area (Å²) >= 11 is 6.18. The van der Waals surface area contributed by atoms with Crippen molar-refractivity contribution in [2.24, 2.45) is 0 Å². The number of nitrogens with one attached hydrogen (secondary N) is 1. The van der Waals surface area contributed by atoms with Gasteiger partial charge in [0.05, 0.1) is 11.6 Å². The van der Waals surface area contributed by atoms with Gasteiger partial charge in [0.15, 0.2) is 0 Å². The van der Waals surface area contributed by atoms with Crippen molar-refractivity contribution in [3.05, 3.63) is 59.1 Å². The molecule has 0 aliphatic rings. The molecule has 0 bridgehead atoms. The van der Waals surface area contributed by atoms with Crippen LogP contribution >= 0.6 is 11.6 Å². The van der Waals surface area contributed by atoms with Gasteiger partial charge in [-0.2, -0.15) is 0 Å². The maximum Gasteiger partial charge on any atom is 0.243 e. The Morgan fingerprint density at radius 3 is 2.45 bits per heavy atom. The van der Waals surface area contributed by atoms with Gasteiger partial charge >= 0.3 is 0 Å². The SMILES string of the molecule is CC(Nc1nnc2ccccc2n1)c1ccccc1Cl. The second-order valence-electron chi connectivity index (χ2n) is 4.51. The molecular weight excluding hydrogens is 272 g/mol. The van der Waals surface area contributed by atoms with E-state index in [1.165, 1.54) is 0 Å². The Hall–Kier alpha value is -2.20. The topological polar surface area (TPSA) is 50.7 Å². The molecule has 100 valence electrons. The summed E-state index contributed by atoms with van der Waals surface area (Å²) in [4.78, 5) is 4.44. The minimum atomic E-state index is 0.00617. The molecule has 0 aliphatic heterocycles. The van der Waals surface area contributed by atoms with Crippen LogP contribution in [0.3, 0.4) is 0 Å². The summed E-state index contributed by atoms with van der Waals surface area (Å²) in [5.74, 6) is 0.496. The predicted molar refractivity (Wildman–Crippen MR) is 80.8 cm³/mol. The van der Waals surface area contributed by atoms with Gasteiger partial charge in [-0.15, -0.1) is 10.2 Å². The predicted octanol–water partition coefficient (Wildman–Crippen LogP) is 3.85. The van der Waals surface area contributed by atoms with Gasteiger partial charge in [0, 0.05) is 5.02 Å². The molecule has 1 N–H and O–H groups in total. The van der Waals surface area contributed by atoms with Gasteiger partial charge in [-0.05, 0) is 30.7 Å². The number of anilines is 1. The lowest BCUT2D eigenvalue weighted by Gasteiger charge is -2.15. The largest absolute Gasteiger partial charge is 0.346 e. The number of nitrogens with zero attached hydrogens (tertiary/aromatic N) is 3. The van der Waals surface area contributed by atoms with E-state index in [0.29, 0.717) is 5.95 Å². The van der Waals surface area contributed by atoms with Crippen LogP contribution in [0.15, 0.2) is 48.5 Å². The van der Waals surface area contributed by atoms with Crippen molar-refractivity contribution >= 4 is 28.6 Å². The van der Waals surface area contributed by atoms with E-state index in [0.717, 1.165) is 21.6 Å². The normalized spacial score (nSPS) is 12.3. The first-order chi connectivity index (χ1) is 9.74. The maximum atomic E-state index is 6.18. The highest BCUT2D eigenvalue weighted by atomic mass is 35.5. The van der Waals surface area contributed by atoms with Crippen molar-refractivity contribution in [1.82, 2.24) is 15.2 Å². The lowest BCUT2D eigenvalue weighted by atomic mass is 10.1. The Morgan fingerprint density at radius 1 is 0.950 bits per heavy atom. The molecule has 20 heavy (non-hydrogen) atoms. The van der Waals surface area contributed by atoms with E-state index in [9.17, 15) is 0 Å². The average Bonchev–Trinajstić information content (AvgIpc) is 2.47. The van der Waals surface area contributed by atoms with Crippen LogP contribution in [0.1, 0.15) is 18.5 Å². The third kappa shape index (κ3) is 2.56. The van der Waals surface area contributed by atoms with E-state index in [-0.39, 0.29) is 6.04 Å². The molecule has 1 unspecified atom stereocenters. The highest BCUT2D eigenvalue weighted by molar-refractivity contribution is 6.31. The van der Waals surface area contributed by atoms with E-state index < -0.39 is 0 Å². The molecular formula is C15H13ClN4. The number of fused-ring (bicyclic) bond motifs is 1. The van der Waals surface area contributed by atoms with Crippen molar-refractivity contribution < 1.29 is 0 Å². The van der Waals surface area contributed by atoms with Gasteiger partial charge in [0.1, 0.15) is 5.52 Å². The minimum absolute atomic E-state index is 0.00617.